The van der Waals surface area contributed by atoms with E-state index in [1.54, 1.807) is 0 Å². The number of halogens is 4. The second-order valence-electron chi connectivity index (χ2n) is 3.92. The van der Waals surface area contributed by atoms with Gasteiger partial charge >= 0.3 is 6.18 Å². The van der Waals surface area contributed by atoms with Crippen molar-refractivity contribution < 1.29 is 18.3 Å². The molecule has 0 spiro atoms. The summed E-state index contributed by atoms with van der Waals surface area (Å²) in [6.07, 6.45) is -4.08. The maximum absolute atomic E-state index is 13.0. The number of aliphatic hydroxyl groups is 1. The predicted molar refractivity (Wildman–Crippen MR) is 65.2 cm³/mol. The molecular weight excluding hydrogens is 267 g/mol. The lowest BCUT2D eigenvalue weighted by atomic mass is 9.87. The van der Waals surface area contributed by atoms with Gasteiger partial charge in [-0.15, -0.1) is 6.58 Å². The monoisotopic (exact) mass is 279 g/mol. The van der Waals surface area contributed by atoms with Gasteiger partial charge in [-0.2, -0.15) is 13.2 Å². The smallest absolute Gasteiger partial charge is 0.398 e. The Kier molecular flexibility index (Phi) is 4.29. The average Bonchev–Trinajstić information content (AvgIpc) is 2.27. The lowest BCUT2D eigenvalue weighted by Crippen LogP contribution is -2.42. The molecule has 0 aliphatic heterocycles. The maximum atomic E-state index is 13.0. The molecule has 2 nitrogen and oxygen atoms in total. The Balaban J connectivity index is 3.34. The third-order valence-corrected chi connectivity index (χ3v) is 2.88. The van der Waals surface area contributed by atoms with Crippen LogP contribution in [0.15, 0.2) is 30.9 Å². The molecule has 6 heteroatoms. The Morgan fingerprint density at radius 3 is 2.50 bits per heavy atom. The first kappa shape index (κ1) is 14.9. The quantitative estimate of drug-likeness (QED) is 0.653. The first-order valence-corrected chi connectivity index (χ1v) is 5.55. The molecule has 1 unspecified atom stereocenters. The third kappa shape index (κ3) is 2.79. The zero-order valence-corrected chi connectivity index (χ0v) is 10.2. The fourth-order valence-electron chi connectivity index (χ4n) is 1.63. The van der Waals surface area contributed by atoms with E-state index in [9.17, 15) is 18.3 Å². The molecule has 1 atom stereocenters. The second kappa shape index (κ2) is 5.20. The molecule has 1 aromatic rings. The molecule has 0 amide bonds. The number of allylic oxidation sites excluding steroid dienone is 1. The number of rotatable bonds is 4. The van der Waals surface area contributed by atoms with Crippen molar-refractivity contribution in [2.24, 2.45) is 0 Å². The highest BCUT2D eigenvalue weighted by Crippen LogP contribution is 2.45. The normalized spacial score (nSPS) is 15.2. The standard InChI is InChI=1S/C12H13ClF3NO/c1-2-3-6-11(18,12(14,15)16)9-7-8(13)4-5-10(9)17/h2,4-5,7,18H,1,3,6,17H2. The average molecular weight is 280 g/mol. The number of hydrogen-bond acceptors (Lipinski definition) is 2. The summed E-state index contributed by atoms with van der Waals surface area (Å²) < 4.78 is 39.1. The van der Waals surface area contributed by atoms with Crippen LogP contribution in [0.4, 0.5) is 18.9 Å². The molecule has 0 bridgehead atoms. The summed E-state index contributed by atoms with van der Waals surface area (Å²) in [5.41, 5.74) is 1.91. The maximum Gasteiger partial charge on any atom is 0.421 e. The lowest BCUT2D eigenvalue weighted by Gasteiger charge is -2.31. The SMILES string of the molecule is C=CCCC(O)(c1cc(Cl)ccc1N)C(F)(F)F. The van der Waals surface area contributed by atoms with Gasteiger partial charge < -0.3 is 10.8 Å². The van der Waals surface area contributed by atoms with Crippen LogP contribution in [0.25, 0.3) is 0 Å². The topological polar surface area (TPSA) is 46.2 Å². The van der Waals surface area contributed by atoms with E-state index in [1.165, 1.54) is 18.2 Å². The Bertz CT molecular complexity index is 447. The number of anilines is 1. The summed E-state index contributed by atoms with van der Waals surface area (Å²) in [6, 6.07) is 3.64. The number of nitrogen functional groups attached to an aromatic ring is 1. The Labute approximate surface area is 108 Å². The van der Waals surface area contributed by atoms with Crippen LogP contribution in [0.5, 0.6) is 0 Å². The minimum Gasteiger partial charge on any atom is -0.398 e. The molecule has 0 radical (unpaired) electrons. The largest absolute Gasteiger partial charge is 0.421 e. The van der Waals surface area contributed by atoms with Gasteiger partial charge in [0.25, 0.3) is 0 Å². The van der Waals surface area contributed by atoms with Crippen molar-refractivity contribution in [3.8, 4) is 0 Å². The fourth-order valence-corrected chi connectivity index (χ4v) is 1.80. The number of nitrogens with two attached hydrogens (primary N) is 1. The third-order valence-electron chi connectivity index (χ3n) is 2.64. The van der Waals surface area contributed by atoms with E-state index < -0.39 is 23.8 Å². The van der Waals surface area contributed by atoms with Crippen molar-refractivity contribution in [3.63, 3.8) is 0 Å². The molecule has 0 heterocycles. The summed E-state index contributed by atoms with van der Waals surface area (Å²) in [4.78, 5) is 0. The molecule has 0 saturated carbocycles. The Hall–Kier alpha value is -1.20. The second-order valence-corrected chi connectivity index (χ2v) is 4.35. The number of alkyl halides is 3. The Morgan fingerprint density at radius 2 is 2.00 bits per heavy atom. The fraction of sp³-hybridized carbons (Fsp3) is 0.333. The summed E-state index contributed by atoms with van der Waals surface area (Å²) in [5, 5.41) is 10.0. The molecule has 1 rings (SSSR count). The van der Waals surface area contributed by atoms with E-state index in [1.807, 2.05) is 0 Å². The van der Waals surface area contributed by atoms with Crippen LogP contribution in [0, 0.1) is 0 Å². The molecule has 1 aromatic carbocycles. The van der Waals surface area contributed by atoms with E-state index in [0.717, 1.165) is 6.07 Å². The van der Waals surface area contributed by atoms with Crippen molar-refractivity contribution in [3.05, 3.63) is 41.4 Å². The van der Waals surface area contributed by atoms with Crippen LogP contribution in [-0.2, 0) is 5.60 Å². The van der Waals surface area contributed by atoms with Crippen LogP contribution in [0.1, 0.15) is 18.4 Å². The molecule has 0 saturated heterocycles. The molecule has 3 N–H and O–H groups in total. The number of benzene rings is 1. The highest BCUT2D eigenvalue weighted by atomic mass is 35.5. The van der Waals surface area contributed by atoms with Crippen molar-refractivity contribution >= 4 is 17.3 Å². The van der Waals surface area contributed by atoms with Gasteiger partial charge in [-0.05, 0) is 31.0 Å². The van der Waals surface area contributed by atoms with Gasteiger partial charge in [0.05, 0.1) is 0 Å². The first-order valence-electron chi connectivity index (χ1n) is 5.18. The summed E-state index contributed by atoms with van der Waals surface area (Å²) in [5.74, 6) is 0. The zero-order valence-electron chi connectivity index (χ0n) is 9.47. The van der Waals surface area contributed by atoms with Crippen LogP contribution < -0.4 is 5.73 Å². The molecule has 0 aromatic heterocycles. The van der Waals surface area contributed by atoms with Crippen molar-refractivity contribution in [2.75, 3.05) is 5.73 Å². The van der Waals surface area contributed by atoms with E-state index in [4.69, 9.17) is 17.3 Å². The summed E-state index contributed by atoms with van der Waals surface area (Å²) in [7, 11) is 0. The minimum absolute atomic E-state index is 0.00195. The van der Waals surface area contributed by atoms with E-state index >= 15 is 0 Å². The Morgan fingerprint density at radius 1 is 1.39 bits per heavy atom. The minimum atomic E-state index is -4.84. The van der Waals surface area contributed by atoms with Crippen LogP contribution in [0.3, 0.4) is 0 Å². The van der Waals surface area contributed by atoms with Gasteiger partial charge in [-0.3, -0.25) is 0 Å². The van der Waals surface area contributed by atoms with Crippen molar-refractivity contribution in [2.45, 2.75) is 24.6 Å². The van der Waals surface area contributed by atoms with Crippen LogP contribution in [-0.4, -0.2) is 11.3 Å². The highest BCUT2D eigenvalue weighted by Gasteiger charge is 2.55. The van der Waals surface area contributed by atoms with Gasteiger partial charge in [0, 0.05) is 16.3 Å². The van der Waals surface area contributed by atoms with E-state index in [0.29, 0.717) is 0 Å². The van der Waals surface area contributed by atoms with E-state index in [-0.39, 0.29) is 17.1 Å². The molecule has 0 fully saturated rings. The van der Waals surface area contributed by atoms with Crippen molar-refractivity contribution in [1.82, 2.24) is 0 Å². The first-order chi connectivity index (χ1) is 8.22. The van der Waals surface area contributed by atoms with Gasteiger partial charge in [-0.25, -0.2) is 0 Å². The van der Waals surface area contributed by atoms with Gasteiger partial charge in [0.2, 0.25) is 0 Å². The molecule has 0 aliphatic carbocycles. The van der Waals surface area contributed by atoms with Gasteiger partial charge in [-0.1, -0.05) is 17.7 Å². The van der Waals surface area contributed by atoms with Crippen molar-refractivity contribution in [1.29, 1.82) is 0 Å². The molecule has 100 valence electrons. The molecule has 0 aliphatic rings. The summed E-state index contributed by atoms with van der Waals surface area (Å²) in [6.45, 7) is 3.34. The highest BCUT2D eigenvalue weighted by molar-refractivity contribution is 6.30. The number of hydrogen-bond donors (Lipinski definition) is 2. The predicted octanol–water partition coefficient (Wildman–Crippen LogP) is 3.64. The van der Waals surface area contributed by atoms with Crippen LogP contribution in [0.2, 0.25) is 5.02 Å². The van der Waals surface area contributed by atoms with Crippen LogP contribution >= 0.6 is 11.6 Å². The molecule has 18 heavy (non-hydrogen) atoms. The van der Waals surface area contributed by atoms with Gasteiger partial charge in [0.15, 0.2) is 5.60 Å². The molecular formula is C12H13ClF3NO. The zero-order chi connectivity index (χ0) is 14.0. The van der Waals surface area contributed by atoms with E-state index in [2.05, 4.69) is 6.58 Å². The lowest BCUT2D eigenvalue weighted by molar-refractivity contribution is -0.268. The summed E-state index contributed by atoms with van der Waals surface area (Å²) >= 11 is 5.65. The van der Waals surface area contributed by atoms with Gasteiger partial charge in [0.1, 0.15) is 0 Å².